The van der Waals surface area contributed by atoms with Crippen molar-refractivity contribution in [3.8, 4) is 5.75 Å². The molecule has 0 bridgehead atoms. The molecule has 0 spiro atoms. The highest BCUT2D eigenvalue weighted by Crippen LogP contribution is 2.21. The molecule has 9 heteroatoms. The van der Waals surface area contributed by atoms with Gasteiger partial charge in [0.2, 0.25) is 5.91 Å². The summed E-state index contributed by atoms with van der Waals surface area (Å²) >= 11 is 1.43. The number of ether oxygens (including phenoxy) is 2. The van der Waals surface area contributed by atoms with Crippen molar-refractivity contribution in [2.75, 3.05) is 19.8 Å². The molecule has 0 fully saturated rings. The summed E-state index contributed by atoms with van der Waals surface area (Å²) in [5.74, 6) is -2.20. The van der Waals surface area contributed by atoms with Crippen LogP contribution < -0.4 is 10.1 Å². The maximum Gasteiger partial charge on any atom is 0.226 e. The number of carbonyl (C=O) groups is 1. The van der Waals surface area contributed by atoms with E-state index in [1.165, 1.54) is 17.4 Å². The van der Waals surface area contributed by atoms with Gasteiger partial charge in [0.15, 0.2) is 11.6 Å². The van der Waals surface area contributed by atoms with Gasteiger partial charge in [0, 0.05) is 24.6 Å². The van der Waals surface area contributed by atoms with Crippen molar-refractivity contribution < 1.29 is 28.2 Å². The van der Waals surface area contributed by atoms with Crippen LogP contribution in [0, 0.1) is 11.6 Å². The molecule has 6 nitrogen and oxygen atoms in total. The van der Waals surface area contributed by atoms with E-state index in [2.05, 4.69) is 10.3 Å². The predicted molar refractivity (Wildman–Crippen MR) is 96.7 cm³/mol. The van der Waals surface area contributed by atoms with Crippen molar-refractivity contribution >= 4 is 17.2 Å². The molecule has 0 saturated carbocycles. The van der Waals surface area contributed by atoms with Crippen molar-refractivity contribution in [3.63, 3.8) is 0 Å². The maximum atomic E-state index is 13.1. The topological polar surface area (TPSA) is 80.7 Å². The van der Waals surface area contributed by atoms with Crippen LogP contribution in [0.15, 0.2) is 23.6 Å². The van der Waals surface area contributed by atoms with Gasteiger partial charge in [-0.1, -0.05) is 0 Å². The molecule has 2 rings (SSSR count). The molecule has 1 heterocycles. The van der Waals surface area contributed by atoms with Crippen LogP contribution in [0.25, 0.3) is 0 Å². The molecular formula is C18H22F2N2O4S. The Morgan fingerprint density at radius 2 is 2.15 bits per heavy atom. The summed E-state index contributed by atoms with van der Waals surface area (Å²) in [6, 6.07) is 3.09. The number of halogens is 2. The third-order valence-corrected chi connectivity index (χ3v) is 4.60. The second-order valence-corrected chi connectivity index (χ2v) is 6.69. The number of rotatable bonds is 10. The van der Waals surface area contributed by atoms with Crippen molar-refractivity contribution in [1.82, 2.24) is 10.3 Å². The number of benzene rings is 1. The number of hydrogen-bond acceptors (Lipinski definition) is 6. The van der Waals surface area contributed by atoms with Gasteiger partial charge in [0.25, 0.3) is 0 Å². The highest BCUT2D eigenvalue weighted by atomic mass is 32.1. The maximum absolute atomic E-state index is 13.1. The van der Waals surface area contributed by atoms with E-state index >= 15 is 0 Å². The van der Waals surface area contributed by atoms with E-state index in [9.17, 15) is 18.7 Å². The first kappa shape index (κ1) is 21.2. The molecule has 0 saturated heterocycles. The van der Waals surface area contributed by atoms with Crippen LogP contribution in [0.3, 0.4) is 0 Å². The zero-order valence-corrected chi connectivity index (χ0v) is 15.9. The lowest BCUT2D eigenvalue weighted by molar-refractivity contribution is -0.121. The lowest BCUT2D eigenvalue weighted by atomic mass is 10.3. The standard InChI is InChI=1S/C18H22F2N2O4S/c1-3-25-11(2)18-22-12(10-27-18)6-17(24)21-8-13(23)9-26-14-4-5-15(19)16(20)7-14/h4-5,7,10-11,13,23H,3,6,8-9H2,1-2H3,(H,21,24). The van der Waals surface area contributed by atoms with Gasteiger partial charge in [-0.25, -0.2) is 13.8 Å². The van der Waals surface area contributed by atoms with Crippen molar-refractivity contribution in [2.45, 2.75) is 32.5 Å². The summed E-state index contributed by atoms with van der Waals surface area (Å²) in [5, 5.41) is 15.0. The Morgan fingerprint density at radius 3 is 2.85 bits per heavy atom. The zero-order valence-electron chi connectivity index (χ0n) is 15.1. The van der Waals surface area contributed by atoms with Gasteiger partial charge in [-0.3, -0.25) is 4.79 Å². The number of amides is 1. The second-order valence-electron chi connectivity index (χ2n) is 5.80. The van der Waals surface area contributed by atoms with Gasteiger partial charge in [-0.2, -0.15) is 0 Å². The van der Waals surface area contributed by atoms with Gasteiger partial charge in [-0.05, 0) is 26.0 Å². The summed E-state index contributed by atoms with van der Waals surface area (Å²) < 4.78 is 36.5. The molecule has 2 N–H and O–H groups in total. The van der Waals surface area contributed by atoms with E-state index in [1.54, 1.807) is 5.38 Å². The first-order valence-electron chi connectivity index (χ1n) is 8.47. The van der Waals surface area contributed by atoms with Gasteiger partial charge in [-0.15, -0.1) is 11.3 Å². The molecule has 0 aliphatic heterocycles. The highest BCUT2D eigenvalue weighted by Gasteiger charge is 2.14. The first-order chi connectivity index (χ1) is 12.9. The highest BCUT2D eigenvalue weighted by molar-refractivity contribution is 7.09. The fourth-order valence-corrected chi connectivity index (χ4v) is 3.01. The lowest BCUT2D eigenvalue weighted by Crippen LogP contribution is -2.36. The molecule has 1 aromatic carbocycles. The minimum atomic E-state index is -1.03. The minimum absolute atomic E-state index is 0.0329. The molecular weight excluding hydrogens is 378 g/mol. The fourth-order valence-electron chi connectivity index (χ4n) is 2.19. The lowest BCUT2D eigenvalue weighted by Gasteiger charge is -2.13. The molecule has 2 unspecified atom stereocenters. The number of aliphatic hydroxyl groups is 1. The predicted octanol–water partition coefficient (Wildman–Crippen LogP) is 2.62. The van der Waals surface area contributed by atoms with E-state index in [0.29, 0.717) is 12.3 Å². The monoisotopic (exact) mass is 400 g/mol. The van der Waals surface area contributed by atoms with Gasteiger partial charge in [0.1, 0.15) is 29.6 Å². The number of carbonyl (C=O) groups excluding carboxylic acids is 1. The van der Waals surface area contributed by atoms with Crippen LogP contribution in [-0.2, 0) is 16.0 Å². The summed E-state index contributed by atoms with van der Waals surface area (Å²) in [6.45, 7) is 4.18. The quantitative estimate of drug-likeness (QED) is 0.641. The van der Waals surface area contributed by atoms with E-state index < -0.39 is 17.7 Å². The Balaban J connectivity index is 1.72. The number of aliphatic hydroxyl groups excluding tert-OH is 1. The smallest absolute Gasteiger partial charge is 0.226 e. The molecule has 0 radical (unpaired) electrons. The van der Waals surface area contributed by atoms with Crippen LogP contribution in [0.1, 0.15) is 30.7 Å². The largest absolute Gasteiger partial charge is 0.491 e. The zero-order chi connectivity index (χ0) is 19.8. The van der Waals surface area contributed by atoms with Crippen LogP contribution >= 0.6 is 11.3 Å². The van der Waals surface area contributed by atoms with Crippen molar-refractivity contribution in [2.24, 2.45) is 0 Å². The molecule has 2 atom stereocenters. The SMILES string of the molecule is CCOC(C)c1nc(CC(=O)NCC(O)COc2ccc(F)c(F)c2)cs1. The van der Waals surface area contributed by atoms with E-state index in [-0.39, 0.29) is 37.3 Å². The minimum Gasteiger partial charge on any atom is -0.491 e. The average molecular weight is 400 g/mol. The summed E-state index contributed by atoms with van der Waals surface area (Å²) in [4.78, 5) is 16.3. The Labute approximate surface area is 160 Å². The number of hydrogen-bond donors (Lipinski definition) is 2. The van der Waals surface area contributed by atoms with Crippen molar-refractivity contribution in [1.29, 1.82) is 0 Å². The van der Waals surface area contributed by atoms with Gasteiger partial charge >= 0.3 is 0 Å². The van der Waals surface area contributed by atoms with Crippen LogP contribution in [-0.4, -0.2) is 41.9 Å². The Hall–Kier alpha value is -2.10. The van der Waals surface area contributed by atoms with E-state index in [1.807, 2.05) is 13.8 Å². The summed E-state index contributed by atoms with van der Waals surface area (Å²) in [7, 11) is 0. The second kappa shape index (κ2) is 10.3. The Morgan fingerprint density at radius 1 is 1.37 bits per heavy atom. The molecule has 1 amide bonds. The van der Waals surface area contributed by atoms with Crippen LogP contribution in [0.5, 0.6) is 5.75 Å². The third-order valence-electron chi connectivity index (χ3n) is 3.54. The Kier molecular flexibility index (Phi) is 8.08. The molecule has 0 aliphatic carbocycles. The third kappa shape index (κ3) is 6.85. The van der Waals surface area contributed by atoms with Crippen LogP contribution in [0.2, 0.25) is 0 Å². The number of thiazole rings is 1. The van der Waals surface area contributed by atoms with Crippen molar-refractivity contribution in [3.05, 3.63) is 45.9 Å². The first-order valence-corrected chi connectivity index (χ1v) is 9.35. The number of nitrogens with one attached hydrogen (secondary N) is 1. The molecule has 27 heavy (non-hydrogen) atoms. The van der Waals surface area contributed by atoms with Gasteiger partial charge < -0.3 is 19.9 Å². The summed E-state index contributed by atoms with van der Waals surface area (Å²) in [6.07, 6.45) is -1.02. The van der Waals surface area contributed by atoms with Gasteiger partial charge in [0.05, 0.1) is 12.1 Å². The summed E-state index contributed by atoms with van der Waals surface area (Å²) in [5.41, 5.74) is 0.631. The molecule has 0 aliphatic rings. The van der Waals surface area contributed by atoms with E-state index in [0.717, 1.165) is 17.1 Å². The number of aromatic nitrogens is 1. The van der Waals surface area contributed by atoms with E-state index in [4.69, 9.17) is 9.47 Å². The molecule has 2 aromatic rings. The fraction of sp³-hybridized carbons (Fsp3) is 0.444. The average Bonchev–Trinajstić information content (AvgIpc) is 3.09. The molecule has 1 aromatic heterocycles. The van der Waals surface area contributed by atoms with Crippen LogP contribution in [0.4, 0.5) is 8.78 Å². The Bertz CT molecular complexity index is 757. The normalized spacial score (nSPS) is 13.2. The number of nitrogens with zero attached hydrogens (tertiary/aromatic N) is 1. The molecule has 148 valence electrons.